The van der Waals surface area contributed by atoms with E-state index in [1.54, 1.807) is 0 Å². The van der Waals surface area contributed by atoms with E-state index in [1.807, 2.05) is 24.3 Å². The maximum absolute atomic E-state index is 11.6. The molecule has 0 N–H and O–H groups in total. The molecule has 0 aliphatic heterocycles. The zero-order valence-corrected chi connectivity index (χ0v) is 32.5. The number of aryl methyl sites for hydroxylation is 2. The van der Waals surface area contributed by atoms with E-state index in [4.69, 9.17) is 14.2 Å². The summed E-state index contributed by atoms with van der Waals surface area (Å²) in [5.41, 5.74) is 14.2. The number of carbonyl (C=O) groups is 3. The molecule has 0 spiro atoms. The summed E-state index contributed by atoms with van der Waals surface area (Å²) in [6.07, 6.45) is 6.57. The van der Waals surface area contributed by atoms with Crippen LogP contribution in [0.1, 0.15) is 29.5 Å². The number of hydrogen-bond acceptors (Lipinski definition) is 6. The van der Waals surface area contributed by atoms with Gasteiger partial charge in [-0.25, -0.2) is 14.4 Å². The Morgan fingerprint density at radius 1 is 0.414 bits per heavy atom. The summed E-state index contributed by atoms with van der Waals surface area (Å²) in [5.74, 6) is -1.26. The molecule has 0 aliphatic rings. The fraction of sp³-hybridized carbons (Fsp3) is 0.135. The molecule has 0 saturated carbocycles. The third-order valence-electron chi connectivity index (χ3n) is 9.82. The molecule has 0 radical (unpaired) electrons. The zero-order valence-electron chi connectivity index (χ0n) is 32.5. The number of carbonyl (C=O) groups excluding carboxylic acids is 3. The molecule has 0 atom stereocenters. The Labute approximate surface area is 340 Å². The lowest BCUT2D eigenvalue weighted by Gasteiger charge is -2.18. The van der Waals surface area contributed by atoms with Crippen LogP contribution < -0.4 is 0 Å². The van der Waals surface area contributed by atoms with E-state index < -0.39 is 17.9 Å². The van der Waals surface area contributed by atoms with Crippen LogP contribution in [0.4, 0.5) is 0 Å². The molecular formula is C52H46O6. The van der Waals surface area contributed by atoms with Crippen LogP contribution in [-0.2, 0) is 48.0 Å². The molecule has 0 heterocycles. The largest absolute Gasteiger partial charge is 0.463 e. The van der Waals surface area contributed by atoms with Crippen LogP contribution in [0.25, 0.3) is 55.6 Å². The minimum atomic E-state index is -0.449. The van der Waals surface area contributed by atoms with Gasteiger partial charge in [0.05, 0.1) is 13.2 Å². The number of hydrogen-bond donors (Lipinski definition) is 0. The first-order chi connectivity index (χ1) is 28.3. The van der Waals surface area contributed by atoms with Gasteiger partial charge < -0.3 is 14.2 Å². The second kappa shape index (κ2) is 20.2. The lowest BCUT2D eigenvalue weighted by atomic mass is 9.86. The van der Waals surface area contributed by atoms with Gasteiger partial charge in [-0.2, -0.15) is 0 Å². The Morgan fingerprint density at radius 2 is 0.793 bits per heavy atom. The summed E-state index contributed by atoms with van der Waals surface area (Å²) in [6, 6.07) is 48.9. The second-order valence-electron chi connectivity index (χ2n) is 13.7. The average molecular weight is 767 g/mol. The monoisotopic (exact) mass is 766 g/mol. The highest BCUT2D eigenvalue weighted by atomic mass is 16.5. The van der Waals surface area contributed by atoms with Gasteiger partial charge in [0.15, 0.2) is 0 Å². The molecule has 0 amide bonds. The molecule has 0 fully saturated rings. The minimum Gasteiger partial charge on any atom is -0.463 e. The summed E-state index contributed by atoms with van der Waals surface area (Å²) >= 11 is 0. The summed E-state index contributed by atoms with van der Waals surface area (Å²) in [5, 5.41) is 0. The first kappa shape index (κ1) is 40.6. The molecule has 0 unspecified atom stereocenters. The van der Waals surface area contributed by atoms with Crippen molar-refractivity contribution < 1.29 is 28.6 Å². The number of benzene rings is 6. The van der Waals surface area contributed by atoms with Crippen LogP contribution in [0.2, 0.25) is 0 Å². The molecule has 6 rings (SSSR count). The van der Waals surface area contributed by atoms with Crippen molar-refractivity contribution in [3.05, 3.63) is 194 Å². The third-order valence-corrected chi connectivity index (χ3v) is 9.82. The van der Waals surface area contributed by atoms with Crippen LogP contribution >= 0.6 is 0 Å². The molecule has 6 nitrogen and oxygen atoms in total. The Kier molecular flexibility index (Phi) is 14.2. The first-order valence-corrected chi connectivity index (χ1v) is 19.3. The number of esters is 3. The second-order valence-corrected chi connectivity index (χ2v) is 13.7. The summed E-state index contributed by atoms with van der Waals surface area (Å²) in [7, 11) is 0. The van der Waals surface area contributed by atoms with Crippen molar-refractivity contribution in [3.8, 4) is 55.6 Å². The molecule has 0 aromatic heterocycles. The Hall–Kier alpha value is -7.05. The van der Waals surface area contributed by atoms with Crippen molar-refractivity contribution in [1.29, 1.82) is 0 Å². The average Bonchev–Trinajstić information content (AvgIpc) is 3.28. The Morgan fingerprint density at radius 3 is 1.24 bits per heavy atom. The van der Waals surface area contributed by atoms with Crippen molar-refractivity contribution in [2.24, 2.45) is 0 Å². The standard InChI is InChI=1S/C52H46O6/c1-4-49(53)56-32-10-12-37-20-26-40(27-21-37)43-14-7-16-45(34-43)47-18-9-19-48(52(47)42-30-22-38(23-31-42)13-11-33-57-50(54)5-2)46-17-8-15-44(35-46)41-28-24-39(25-29-41)36-58-51(55)6-3/h4-9,14-31,34-35H,1-3,10-13,32-33,36H2. The van der Waals surface area contributed by atoms with E-state index >= 15 is 0 Å². The SMILES string of the molecule is C=CC(=O)OCCCc1ccc(-c2cccc(-c3cccc(-c4cccc(-c5ccc(COC(=O)C=C)cc5)c4)c3-c3ccc(CCCOC(=O)C=C)cc3)c2)cc1. The van der Waals surface area contributed by atoms with Crippen molar-refractivity contribution >= 4 is 17.9 Å². The Bertz CT molecular complexity index is 2390. The molecular weight excluding hydrogens is 721 g/mol. The predicted molar refractivity (Wildman–Crippen MR) is 233 cm³/mol. The van der Waals surface area contributed by atoms with E-state index in [9.17, 15) is 14.4 Å². The molecule has 0 aliphatic carbocycles. The van der Waals surface area contributed by atoms with E-state index in [0.29, 0.717) is 19.6 Å². The van der Waals surface area contributed by atoms with Gasteiger partial charge in [-0.05, 0) is 110 Å². The third kappa shape index (κ3) is 10.8. The molecule has 58 heavy (non-hydrogen) atoms. The highest BCUT2D eigenvalue weighted by Gasteiger charge is 2.16. The van der Waals surface area contributed by atoms with E-state index in [1.165, 1.54) is 17.7 Å². The topological polar surface area (TPSA) is 78.9 Å². The van der Waals surface area contributed by atoms with Crippen LogP contribution in [0.3, 0.4) is 0 Å². The summed E-state index contributed by atoms with van der Waals surface area (Å²) in [6.45, 7) is 11.3. The molecule has 0 saturated heterocycles. The van der Waals surface area contributed by atoms with Gasteiger partial charge in [0.25, 0.3) is 0 Å². The van der Waals surface area contributed by atoms with Crippen molar-refractivity contribution in [2.45, 2.75) is 32.3 Å². The van der Waals surface area contributed by atoms with Crippen LogP contribution in [0.5, 0.6) is 0 Å². The first-order valence-electron chi connectivity index (χ1n) is 19.3. The lowest BCUT2D eigenvalue weighted by Crippen LogP contribution is -2.02. The van der Waals surface area contributed by atoms with Crippen molar-refractivity contribution in [3.63, 3.8) is 0 Å². The van der Waals surface area contributed by atoms with Gasteiger partial charge in [-0.3, -0.25) is 0 Å². The Balaban J connectivity index is 1.32. The maximum Gasteiger partial charge on any atom is 0.330 e. The van der Waals surface area contributed by atoms with Crippen LogP contribution in [0, 0.1) is 0 Å². The van der Waals surface area contributed by atoms with Crippen LogP contribution in [-0.4, -0.2) is 31.1 Å². The summed E-state index contributed by atoms with van der Waals surface area (Å²) in [4.78, 5) is 34.5. The van der Waals surface area contributed by atoms with Gasteiger partial charge >= 0.3 is 17.9 Å². The van der Waals surface area contributed by atoms with Crippen molar-refractivity contribution in [1.82, 2.24) is 0 Å². The normalized spacial score (nSPS) is 10.6. The van der Waals surface area contributed by atoms with Gasteiger partial charge in [0, 0.05) is 18.2 Å². The van der Waals surface area contributed by atoms with Gasteiger partial charge in [0.1, 0.15) is 6.61 Å². The van der Waals surface area contributed by atoms with Gasteiger partial charge in [-0.1, -0.05) is 147 Å². The van der Waals surface area contributed by atoms with E-state index in [0.717, 1.165) is 92.1 Å². The fourth-order valence-corrected chi connectivity index (χ4v) is 6.80. The highest BCUT2D eigenvalue weighted by molar-refractivity contribution is 5.96. The molecule has 0 bridgehead atoms. The lowest BCUT2D eigenvalue weighted by molar-refractivity contribution is -0.139. The molecule has 290 valence electrons. The smallest absolute Gasteiger partial charge is 0.330 e. The highest BCUT2D eigenvalue weighted by Crippen LogP contribution is 2.42. The summed E-state index contributed by atoms with van der Waals surface area (Å²) < 4.78 is 15.5. The fourth-order valence-electron chi connectivity index (χ4n) is 6.80. The maximum atomic E-state index is 11.6. The van der Waals surface area contributed by atoms with Gasteiger partial charge in [0.2, 0.25) is 0 Å². The number of rotatable bonds is 18. The van der Waals surface area contributed by atoms with E-state index in [2.05, 4.69) is 135 Å². The van der Waals surface area contributed by atoms with Crippen molar-refractivity contribution in [2.75, 3.05) is 13.2 Å². The van der Waals surface area contributed by atoms with Gasteiger partial charge in [-0.15, -0.1) is 0 Å². The molecule has 6 heteroatoms. The number of ether oxygens (including phenoxy) is 3. The van der Waals surface area contributed by atoms with Crippen LogP contribution in [0.15, 0.2) is 177 Å². The zero-order chi connectivity index (χ0) is 40.7. The molecule has 6 aromatic carbocycles. The predicted octanol–water partition coefficient (Wildman–Crippen LogP) is 11.6. The quantitative estimate of drug-likeness (QED) is 0.0375. The van der Waals surface area contributed by atoms with E-state index in [-0.39, 0.29) is 6.61 Å². The molecule has 6 aromatic rings. The minimum absolute atomic E-state index is 0.186.